The number of aliphatic hydroxyl groups excluding tert-OH is 1. The molecule has 0 radical (unpaired) electrons. The number of allylic oxidation sites excluding steroid dienone is 4. The Balaban J connectivity index is 1.79. The summed E-state index contributed by atoms with van der Waals surface area (Å²) in [5.41, 5.74) is 5.53. The summed E-state index contributed by atoms with van der Waals surface area (Å²) in [5, 5.41) is 23.0. The molecule has 0 amide bonds. The number of hydrogen-bond donors (Lipinski definition) is 4. The van der Waals surface area contributed by atoms with Crippen molar-refractivity contribution in [2.24, 2.45) is 45.0 Å². The minimum atomic E-state index is -1.99. The highest BCUT2D eigenvalue weighted by Gasteiger charge is 2.75. The van der Waals surface area contributed by atoms with Gasteiger partial charge in [0.1, 0.15) is 12.1 Å². The van der Waals surface area contributed by atoms with Gasteiger partial charge in [0.15, 0.2) is 23.2 Å². The Hall–Kier alpha value is -2.06. The first-order chi connectivity index (χ1) is 14.3. The number of aliphatic imine (C=N–C) groups is 1. The number of Topliss-reactive ketones (excluding diaryl/α,β-unsaturated/α-hetero) is 1. The number of hydrogen-bond acceptors (Lipinski definition) is 5. The summed E-state index contributed by atoms with van der Waals surface area (Å²) in [6.07, 6.45) is 4.41. The highest BCUT2D eigenvalue weighted by atomic mass is 19.1. The van der Waals surface area contributed by atoms with Crippen LogP contribution in [0.2, 0.25) is 0 Å². The average molecular weight is 434 g/mol. The summed E-state index contributed by atoms with van der Waals surface area (Å²) in [4.78, 5) is 28.8. The molecule has 4 aliphatic carbocycles. The van der Waals surface area contributed by atoms with E-state index in [9.17, 15) is 19.8 Å². The quantitative estimate of drug-likeness (QED) is 0.299. The minimum Gasteiger partial charge on any atom is -0.390 e. The number of halogens is 1. The number of carbonyl (C=O) groups excluding carboxylic acids is 2. The number of guanidine groups is 1. The van der Waals surface area contributed by atoms with Crippen molar-refractivity contribution in [3.63, 3.8) is 0 Å². The SMILES string of the molecule is C[C@@H]1CC2C3CC=C4CC(=O)C=CC4(C)C3(F)C(O)CC2(C)C1(O)C(=O)CN=C(N)N. The normalized spacial score (nSPS) is 48.3. The number of carbonyl (C=O) groups is 2. The smallest absolute Gasteiger partial charge is 0.186 e. The largest absolute Gasteiger partial charge is 0.390 e. The first-order valence-electron chi connectivity index (χ1n) is 10.9. The van der Waals surface area contributed by atoms with E-state index >= 15 is 4.39 Å². The van der Waals surface area contributed by atoms with Crippen LogP contribution in [0.15, 0.2) is 28.8 Å². The zero-order valence-corrected chi connectivity index (χ0v) is 18.3. The average Bonchev–Trinajstić information content (AvgIpc) is 2.89. The molecule has 4 aliphatic rings. The van der Waals surface area contributed by atoms with E-state index in [0.717, 1.165) is 0 Å². The van der Waals surface area contributed by atoms with Gasteiger partial charge in [-0.2, -0.15) is 0 Å². The number of nitrogens with two attached hydrogens (primary N) is 2. The molecule has 0 aromatic rings. The van der Waals surface area contributed by atoms with Crippen LogP contribution in [-0.4, -0.2) is 51.7 Å². The van der Waals surface area contributed by atoms with Gasteiger partial charge in [-0.3, -0.25) is 9.59 Å². The molecule has 8 heteroatoms. The predicted octanol–water partition coefficient (Wildman–Crippen LogP) is 1.18. The van der Waals surface area contributed by atoms with Crippen molar-refractivity contribution in [3.8, 4) is 0 Å². The van der Waals surface area contributed by atoms with E-state index in [0.29, 0.717) is 18.4 Å². The molecule has 7 unspecified atom stereocenters. The maximum atomic E-state index is 17.0. The lowest BCUT2D eigenvalue weighted by molar-refractivity contribution is -0.213. The fourth-order valence-corrected chi connectivity index (χ4v) is 7.33. The first-order valence-corrected chi connectivity index (χ1v) is 10.9. The summed E-state index contributed by atoms with van der Waals surface area (Å²) in [6, 6.07) is 0. The second-order valence-electron chi connectivity index (χ2n) is 10.3. The topological polar surface area (TPSA) is 139 Å². The molecule has 8 atom stereocenters. The first kappa shape index (κ1) is 22.1. The van der Waals surface area contributed by atoms with Gasteiger partial charge in [-0.15, -0.1) is 0 Å². The second-order valence-corrected chi connectivity index (χ2v) is 10.3. The van der Waals surface area contributed by atoms with Crippen molar-refractivity contribution in [1.29, 1.82) is 0 Å². The molecule has 6 N–H and O–H groups in total. The molecule has 0 aromatic carbocycles. The van der Waals surface area contributed by atoms with Gasteiger partial charge in [0.25, 0.3) is 0 Å². The highest BCUT2D eigenvalue weighted by molar-refractivity contribution is 5.94. The maximum Gasteiger partial charge on any atom is 0.186 e. The van der Waals surface area contributed by atoms with Gasteiger partial charge < -0.3 is 21.7 Å². The highest BCUT2D eigenvalue weighted by Crippen LogP contribution is 2.70. The standard InChI is InChI=1S/C23H32FN3O4/c1-12-8-16-15-5-4-13-9-14(28)6-7-20(13,2)22(15,24)17(29)10-21(16,3)23(12,31)18(30)11-27-19(25)26/h4,6-7,12,15-17,29,31H,5,8-11H2,1-3H3,(H4,25,26,27)/t12-,15?,16?,17?,20?,21?,22?,23?/m1/s1. The minimum absolute atomic E-state index is 0.0657. The van der Waals surface area contributed by atoms with Crippen molar-refractivity contribution in [2.75, 3.05) is 6.54 Å². The molecule has 2 saturated carbocycles. The zero-order valence-electron chi connectivity index (χ0n) is 18.3. The molecule has 0 heterocycles. The van der Waals surface area contributed by atoms with Crippen molar-refractivity contribution >= 4 is 17.5 Å². The van der Waals surface area contributed by atoms with Crippen molar-refractivity contribution in [3.05, 3.63) is 23.8 Å². The zero-order chi connectivity index (χ0) is 23.0. The summed E-state index contributed by atoms with van der Waals surface area (Å²) >= 11 is 0. The van der Waals surface area contributed by atoms with Crippen LogP contribution in [0.3, 0.4) is 0 Å². The van der Waals surface area contributed by atoms with Gasteiger partial charge in [0, 0.05) is 23.2 Å². The van der Waals surface area contributed by atoms with E-state index in [1.165, 1.54) is 6.08 Å². The monoisotopic (exact) mass is 433 g/mol. The van der Waals surface area contributed by atoms with E-state index in [-0.39, 0.29) is 37.0 Å². The van der Waals surface area contributed by atoms with Crippen LogP contribution < -0.4 is 11.5 Å². The van der Waals surface area contributed by atoms with Crippen molar-refractivity contribution in [2.45, 2.75) is 63.8 Å². The number of aliphatic hydroxyl groups is 2. The third-order valence-corrected chi connectivity index (χ3v) is 9.02. The number of rotatable bonds is 3. The third-order valence-electron chi connectivity index (χ3n) is 9.02. The molecular formula is C23H32FN3O4. The van der Waals surface area contributed by atoms with Crippen LogP contribution in [0.4, 0.5) is 4.39 Å². The Kier molecular flexibility index (Phi) is 4.80. The summed E-state index contributed by atoms with van der Waals surface area (Å²) in [6.45, 7) is 4.95. The Labute approximate surface area is 181 Å². The van der Waals surface area contributed by atoms with Crippen molar-refractivity contribution < 1.29 is 24.2 Å². The maximum absolute atomic E-state index is 17.0. The molecule has 7 nitrogen and oxygen atoms in total. The fourth-order valence-electron chi connectivity index (χ4n) is 7.33. The van der Waals surface area contributed by atoms with Gasteiger partial charge >= 0.3 is 0 Å². The Morgan fingerprint density at radius 1 is 1.32 bits per heavy atom. The lowest BCUT2D eigenvalue weighted by Gasteiger charge is -2.62. The molecule has 4 rings (SSSR count). The van der Waals surface area contributed by atoms with Crippen molar-refractivity contribution in [1.82, 2.24) is 0 Å². The summed E-state index contributed by atoms with van der Waals surface area (Å²) in [5.74, 6) is -2.20. The van der Waals surface area contributed by atoms with E-state index in [4.69, 9.17) is 11.5 Å². The van der Waals surface area contributed by atoms with E-state index in [1.807, 2.05) is 6.08 Å². The number of alkyl halides is 1. The van der Waals surface area contributed by atoms with Crippen LogP contribution in [0.5, 0.6) is 0 Å². The van der Waals surface area contributed by atoms with Gasteiger partial charge in [0.05, 0.1) is 6.10 Å². The summed E-state index contributed by atoms with van der Waals surface area (Å²) in [7, 11) is 0. The molecule has 0 saturated heterocycles. The second kappa shape index (κ2) is 6.72. The molecule has 2 fully saturated rings. The van der Waals surface area contributed by atoms with E-state index < -0.39 is 45.8 Å². The third kappa shape index (κ3) is 2.61. The molecule has 31 heavy (non-hydrogen) atoms. The molecule has 0 spiro atoms. The van der Waals surface area contributed by atoms with Crippen LogP contribution >= 0.6 is 0 Å². The van der Waals surface area contributed by atoms with E-state index in [2.05, 4.69) is 4.99 Å². The number of fused-ring (bicyclic) bond motifs is 5. The van der Waals surface area contributed by atoms with Gasteiger partial charge in [-0.1, -0.05) is 31.6 Å². The van der Waals surface area contributed by atoms with Crippen LogP contribution in [0, 0.1) is 28.6 Å². The predicted molar refractivity (Wildman–Crippen MR) is 114 cm³/mol. The Morgan fingerprint density at radius 2 is 2.00 bits per heavy atom. The Morgan fingerprint density at radius 3 is 2.65 bits per heavy atom. The molecule has 0 aromatic heterocycles. The molecule has 0 aliphatic heterocycles. The van der Waals surface area contributed by atoms with Crippen LogP contribution in [0.25, 0.3) is 0 Å². The molecular weight excluding hydrogens is 401 g/mol. The molecule has 170 valence electrons. The summed E-state index contributed by atoms with van der Waals surface area (Å²) < 4.78 is 17.0. The van der Waals surface area contributed by atoms with Gasteiger partial charge in [-0.25, -0.2) is 9.38 Å². The molecule has 0 bridgehead atoms. The van der Waals surface area contributed by atoms with Gasteiger partial charge in [0.2, 0.25) is 0 Å². The lowest BCUT2D eigenvalue weighted by atomic mass is 9.45. The Bertz CT molecular complexity index is 928. The van der Waals surface area contributed by atoms with Crippen LogP contribution in [0.1, 0.15) is 46.5 Å². The number of nitrogens with zero attached hydrogens (tertiary/aromatic N) is 1. The fraction of sp³-hybridized carbons (Fsp3) is 0.696. The lowest BCUT2D eigenvalue weighted by Crippen LogP contribution is -2.69. The number of ketones is 2. The van der Waals surface area contributed by atoms with E-state index in [1.54, 1.807) is 26.8 Å². The van der Waals surface area contributed by atoms with Gasteiger partial charge in [-0.05, 0) is 44.1 Å². The van der Waals surface area contributed by atoms with Crippen LogP contribution in [-0.2, 0) is 9.59 Å².